The summed E-state index contributed by atoms with van der Waals surface area (Å²) in [4.78, 5) is 45.4. The van der Waals surface area contributed by atoms with E-state index in [1.807, 2.05) is 65.8 Å². The van der Waals surface area contributed by atoms with Crippen LogP contribution < -0.4 is 0 Å². The average molecular weight is 489 g/mol. The molecule has 8 heteroatoms. The minimum Gasteiger partial charge on any atom is -0.465 e. The number of esters is 1. The molecular formula is C27H40N2O6. The van der Waals surface area contributed by atoms with Crippen LogP contribution in [0, 0.1) is 17.8 Å². The molecule has 0 saturated carbocycles. The second-order valence-corrected chi connectivity index (χ2v) is 11.4. The molecule has 0 aromatic rings. The maximum atomic E-state index is 14.3. The first-order valence-corrected chi connectivity index (χ1v) is 13.0. The fraction of sp³-hybridized carbons (Fsp3) is 0.741. The number of likely N-dealkylation sites (tertiary alicyclic amines) is 1. The van der Waals surface area contributed by atoms with Crippen LogP contribution in [-0.4, -0.2) is 81.3 Å². The van der Waals surface area contributed by atoms with Crippen molar-refractivity contribution >= 4 is 17.8 Å². The lowest BCUT2D eigenvalue weighted by atomic mass is 9.73. The molecule has 0 radical (unpaired) electrons. The summed E-state index contributed by atoms with van der Waals surface area (Å²) in [5.74, 6) is -2.86. The number of carbonyl (C=O) groups is 3. The van der Waals surface area contributed by atoms with E-state index in [2.05, 4.69) is 0 Å². The van der Waals surface area contributed by atoms with Gasteiger partial charge in [0.1, 0.15) is 23.2 Å². The van der Waals surface area contributed by atoms with Gasteiger partial charge in [-0.05, 0) is 39.5 Å². The van der Waals surface area contributed by atoms with Crippen molar-refractivity contribution in [3.63, 3.8) is 0 Å². The van der Waals surface area contributed by atoms with Crippen LogP contribution in [0.15, 0.2) is 24.3 Å². The summed E-state index contributed by atoms with van der Waals surface area (Å²) in [6.07, 6.45) is 9.33. The summed E-state index contributed by atoms with van der Waals surface area (Å²) in [6, 6.07) is -1.56. The third-order valence-corrected chi connectivity index (χ3v) is 8.50. The molecule has 0 bridgehead atoms. The first-order chi connectivity index (χ1) is 16.5. The highest BCUT2D eigenvalue weighted by molar-refractivity contribution is 5.99. The van der Waals surface area contributed by atoms with Gasteiger partial charge in [-0.2, -0.15) is 0 Å². The molecule has 2 amide bonds. The van der Waals surface area contributed by atoms with E-state index in [0.29, 0.717) is 19.4 Å². The molecule has 1 unspecified atom stereocenters. The van der Waals surface area contributed by atoms with E-state index in [1.165, 1.54) is 0 Å². The molecule has 0 aliphatic carbocycles. The van der Waals surface area contributed by atoms with E-state index in [-0.39, 0.29) is 30.9 Å². The Morgan fingerprint density at radius 3 is 2.43 bits per heavy atom. The highest BCUT2D eigenvalue weighted by Crippen LogP contribution is 2.59. The van der Waals surface area contributed by atoms with E-state index in [1.54, 1.807) is 9.80 Å². The van der Waals surface area contributed by atoms with Gasteiger partial charge in [0, 0.05) is 12.1 Å². The van der Waals surface area contributed by atoms with Crippen LogP contribution in [0.3, 0.4) is 0 Å². The zero-order valence-electron chi connectivity index (χ0n) is 21.8. The van der Waals surface area contributed by atoms with Crippen LogP contribution in [-0.2, 0) is 23.9 Å². The number of ether oxygens (including phenoxy) is 2. The van der Waals surface area contributed by atoms with Gasteiger partial charge in [0.05, 0.1) is 25.2 Å². The summed E-state index contributed by atoms with van der Waals surface area (Å²) in [5.41, 5.74) is -2.87. The molecule has 4 aliphatic rings. The van der Waals surface area contributed by atoms with Crippen LogP contribution >= 0.6 is 0 Å². The summed E-state index contributed by atoms with van der Waals surface area (Å²) in [6.45, 7) is 12.1. The lowest BCUT2D eigenvalue weighted by molar-refractivity contribution is -0.165. The molecule has 0 aromatic heterocycles. The number of cyclic esters (lactones) is 1. The van der Waals surface area contributed by atoms with Crippen molar-refractivity contribution < 1.29 is 29.0 Å². The van der Waals surface area contributed by atoms with Gasteiger partial charge >= 0.3 is 5.97 Å². The SMILES string of the molecule is CC[C@H](C)[C@H](CO)N1C(=O)[C@@H]2[C@@H]3C(=O)OCCC=C[C@]3(CC)O[C@@]23C=CCN(C(C)(C)C)C(=O)C13. The molecule has 1 N–H and O–H groups in total. The van der Waals surface area contributed by atoms with Crippen molar-refractivity contribution in [3.05, 3.63) is 24.3 Å². The minimum absolute atomic E-state index is 0.0527. The van der Waals surface area contributed by atoms with Crippen molar-refractivity contribution in [1.29, 1.82) is 0 Å². The fourth-order valence-electron chi connectivity index (χ4n) is 6.44. The Balaban J connectivity index is 1.96. The predicted octanol–water partition coefficient (Wildman–Crippen LogP) is 2.45. The first-order valence-electron chi connectivity index (χ1n) is 13.0. The molecule has 2 fully saturated rings. The second kappa shape index (κ2) is 9.04. The largest absolute Gasteiger partial charge is 0.465 e. The maximum Gasteiger partial charge on any atom is 0.313 e. The Morgan fingerprint density at radius 2 is 1.83 bits per heavy atom. The Bertz CT molecular complexity index is 938. The number of fused-ring (bicyclic) bond motifs is 2. The van der Waals surface area contributed by atoms with Gasteiger partial charge < -0.3 is 24.4 Å². The number of carbonyl (C=O) groups excluding carboxylic acids is 3. The third-order valence-electron chi connectivity index (χ3n) is 8.50. The highest BCUT2D eigenvalue weighted by atomic mass is 16.6. The van der Waals surface area contributed by atoms with Gasteiger partial charge in [0.25, 0.3) is 0 Å². The zero-order chi connectivity index (χ0) is 25.8. The van der Waals surface area contributed by atoms with Gasteiger partial charge in [-0.1, -0.05) is 51.5 Å². The minimum atomic E-state index is -1.33. The van der Waals surface area contributed by atoms with Crippen LogP contribution in [0.25, 0.3) is 0 Å². The molecule has 35 heavy (non-hydrogen) atoms. The van der Waals surface area contributed by atoms with E-state index in [4.69, 9.17) is 9.47 Å². The second-order valence-electron chi connectivity index (χ2n) is 11.4. The Hall–Kier alpha value is -2.19. The fourth-order valence-corrected chi connectivity index (χ4v) is 6.44. The Kier molecular flexibility index (Phi) is 6.68. The molecule has 2 saturated heterocycles. The highest BCUT2D eigenvalue weighted by Gasteiger charge is 2.76. The smallest absolute Gasteiger partial charge is 0.313 e. The van der Waals surface area contributed by atoms with E-state index >= 15 is 0 Å². The van der Waals surface area contributed by atoms with Gasteiger partial charge in [-0.15, -0.1) is 0 Å². The van der Waals surface area contributed by atoms with E-state index < -0.39 is 46.6 Å². The average Bonchev–Trinajstić information content (AvgIpc) is 3.14. The number of hydrogen-bond donors (Lipinski definition) is 1. The number of nitrogens with zero attached hydrogens (tertiary/aromatic N) is 2. The van der Waals surface area contributed by atoms with Crippen molar-refractivity contribution in [2.24, 2.45) is 17.8 Å². The number of hydrogen-bond acceptors (Lipinski definition) is 6. The molecule has 4 rings (SSSR count). The van der Waals surface area contributed by atoms with E-state index in [0.717, 1.165) is 6.42 Å². The van der Waals surface area contributed by atoms with Crippen LogP contribution in [0.2, 0.25) is 0 Å². The first kappa shape index (κ1) is 25.9. The van der Waals surface area contributed by atoms with E-state index in [9.17, 15) is 19.5 Å². The topological polar surface area (TPSA) is 96.4 Å². The lowest BCUT2D eigenvalue weighted by Gasteiger charge is -2.44. The molecule has 4 heterocycles. The van der Waals surface area contributed by atoms with Crippen molar-refractivity contribution in [3.8, 4) is 0 Å². The summed E-state index contributed by atoms with van der Waals surface area (Å²) in [7, 11) is 0. The summed E-state index contributed by atoms with van der Waals surface area (Å²) < 4.78 is 12.4. The molecular weight excluding hydrogens is 448 g/mol. The monoisotopic (exact) mass is 488 g/mol. The molecule has 4 aliphatic heterocycles. The number of aliphatic hydroxyl groups is 1. The van der Waals surface area contributed by atoms with Gasteiger partial charge in [-0.3, -0.25) is 14.4 Å². The lowest BCUT2D eigenvalue weighted by Crippen LogP contribution is -2.62. The number of rotatable bonds is 5. The quantitative estimate of drug-likeness (QED) is 0.472. The Labute approximate surface area is 208 Å². The van der Waals surface area contributed by atoms with Crippen LogP contribution in [0.4, 0.5) is 0 Å². The van der Waals surface area contributed by atoms with Crippen molar-refractivity contribution in [2.75, 3.05) is 19.8 Å². The van der Waals surface area contributed by atoms with Crippen molar-refractivity contribution in [1.82, 2.24) is 9.80 Å². The van der Waals surface area contributed by atoms with Gasteiger partial charge in [0.2, 0.25) is 11.8 Å². The Morgan fingerprint density at radius 1 is 1.11 bits per heavy atom. The number of aliphatic hydroxyl groups excluding tert-OH is 1. The molecule has 7 atom stereocenters. The summed E-state index contributed by atoms with van der Waals surface area (Å²) in [5, 5.41) is 10.4. The molecule has 194 valence electrons. The van der Waals surface area contributed by atoms with Crippen molar-refractivity contribution in [2.45, 2.75) is 89.6 Å². The van der Waals surface area contributed by atoms with Crippen LogP contribution in [0.5, 0.6) is 0 Å². The maximum absolute atomic E-state index is 14.3. The standard InChI is InChI=1S/C27H40N2O6/c1-7-17(3)18(16-30)29-21-23(32)28(25(4,5)6)14-11-13-27(21)19(22(29)31)20-24(33)34-15-10-9-12-26(20,8-2)35-27/h9,11-13,17-21,30H,7-8,10,14-16H2,1-6H3/t17-,18-,19-,20+,21?,26-,27-/m0/s1. The number of amides is 2. The van der Waals surface area contributed by atoms with Gasteiger partial charge in [0.15, 0.2) is 0 Å². The zero-order valence-corrected chi connectivity index (χ0v) is 21.8. The molecule has 8 nitrogen and oxygen atoms in total. The van der Waals surface area contributed by atoms with Crippen LogP contribution in [0.1, 0.15) is 60.8 Å². The summed E-state index contributed by atoms with van der Waals surface area (Å²) >= 11 is 0. The third kappa shape index (κ3) is 3.75. The normalized spacial score (nSPS) is 36.7. The van der Waals surface area contributed by atoms with Gasteiger partial charge in [-0.25, -0.2) is 0 Å². The molecule has 0 aromatic carbocycles. The predicted molar refractivity (Wildman–Crippen MR) is 130 cm³/mol. The molecule has 1 spiro atoms.